The molecule has 156 valence electrons. The minimum Gasteiger partial charge on any atom is -0.478 e. The number of carboxylic acids is 1. The van der Waals surface area contributed by atoms with Crippen LogP contribution in [0.5, 0.6) is 0 Å². The molecule has 3 rings (SSSR count). The maximum absolute atomic E-state index is 12.6. The van der Waals surface area contributed by atoms with Crippen LogP contribution in [0.4, 0.5) is 5.69 Å². The Kier molecular flexibility index (Phi) is 6.15. The van der Waals surface area contributed by atoms with Gasteiger partial charge in [0, 0.05) is 18.1 Å². The number of benzene rings is 2. The van der Waals surface area contributed by atoms with Crippen LogP contribution in [0, 0.1) is 0 Å². The minimum atomic E-state index is -4.17. The average Bonchev–Trinajstić information content (AvgIpc) is 2.68. The summed E-state index contributed by atoms with van der Waals surface area (Å²) in [5, 5.41) is 9.37. The van der Waals surface area contributed by atoms with E-state index in [1.165, 1.54) is 34.6 Å². The molecule has 12 heteroatoms. The fraction of sp³-hybridized carbons (Fsp3) is 0.235. The topological polar surface area (TPSA) is 130 Å². The molecule has 2 N–H and O–H groups in total. The second-order valence-corrected chi connectivity index (χ2v) is 10.1. The minimum absolute atomic E-state index is 0.0488. The first kappa shape index (κ1) is 21.5. The van der Waals surface area contributed by atoms with E-state index in [0.29, 0.717) is 13.2 Å². The molecule has 0 spiro atoms. The molecule has 0 amide bonds. The van der Waals surface area contributed by atoms with Gasteiger partial charge in [-0.15, -0.1) is 0 Å². The maximum atomic E-state index is 12.6. The summed E-state index contributed by atoms with van der Waals surface area (Å²) in [6.07, 6.45) is 0. The number of carbonyl (C=O) groups is 1. The number of carboxylic acid groups (broad SMARTS) is 1. The highest BCUT2D eigenvalue weighted by Gasteiger charge is 2.27. The summed E-state index contributed by atoms with van der Waals surface area (Å²) in [4.78, 5) is 11.0. The number of nitrogens with zero attached hydrogens (tertiary/aromatic N) is 1. The smallest absolute Gasteiger partial charge is 0.337 e. The van der Waals surface area contributed by atoms with Gasteiger partial charge >= 0.3 is 5.97 Å². The highest BCUT2D eigenvalue weighted by Crippen LogP contribution is 2.25. The van der Waals surface area contributed by atoms with Crippen LogP contribution in [-0.4, -0.2) is 58.5 Å². The van der Waals surface area contributed by atoms with Gasteiger partial charge in [0.05, 0.1) is 34.3 Å². The predicted molar refractivity (Wildman–Crippen MR) is 105 cm³/mol. The van der Waals surface area contributed by atoms with Crippen LogP contribution in [0.15, 0.2) is 52.3 Å². The van der Waals surface area contributed by atoms with Gasteiger partial charge in [0.2, 0.25) is 10.0 Å². The predicted octanol–water partition coefficient (Wildman–Crippen LogP) is 1.86. The average molecular weight is 461 g/mol. The number of rotatable bonds is 6. The Morgan fingerprint density at radius 1 is 1.00 bits per heavy atom. The van der Waals surface area contributed by atoms with E-state index in [2.05, 4.69) is 4.72 Å². The largest absolute Gasteiger partial charge is 0.478 e. The first-order valence-corrected chi connectivity index (χ1v) is 11.6. The number of hydrogen-bond donors (Lipinski definition) is 2. The SMILES string of the molecule is O=C(O)c1ccc(Cl)cc1NS(=O)(=O)c1ccc(S(=O)(=O)N2CCOCC2)cc1. The van der Waals surface area contributed by atoms with Crippen molar-refractivity contribution in [2.24, 2.45) is 0 Å². The lowest BCUT2D eigenvalue weighted by atomic mass is 10.2. The number of morpholine rings is 1. The molecule has 0 bridgehead atoms. The van der Waals surface area contributed by atoms with Crippen LogP contribution < -0.4 is 4.72 Å². The molecule has 0 aliphatic carbocycles. The molecule has 2 aromatic rings. The Morgan fingerprint density at radius 3 is 2.17 bits per heavy atom. The van der Waals surface area contributed by atoms with Crippen molar-refractivity contribution in [3.8, 4) is 0 Å². The van der Waals surface area contributed by atoms with Crippen molar-refractivity contribution in [1.82, 2.24) is 4.31 Å². The summed E-state index contributed by atoms with van der Waals surface area (Å²) < 4.78 is 59.1. The van der Waals surface area contributed by atoms with Crippen molar-refractivity contribution >= 4 is 43.3 Å². The van der Waals surface area contributed by atoms with E-state index in [0.717, 1.165) is 12.1 Å². The fourth-order valence-corrected chi connectivity index (χ4v) is 5.37. The molecule has 2 aromatic carbocycles. The van der Waals surface area contributed by atoms with E-state index in [9.17, 15) is 26.7 Å². The molecule has 0 atom stereocenters. The summed E-state index contributed by atoms with van der Waals surface area (Å²) in [6.45, 7) is 1.02. The number of aromatic carboxylic acids is 1. The lowest BCUT2D eigenvalue weighted by Crippen LogP contribution is -2.40. The number of halogens is 1. The molecule has 1 aliphatic heterocycles. The maximum Gasteiger partial charge on any atom is 0.337 e. The lowest BCUT2D eigenvalue weighted by Gasteiger charge is -2.26. The van der Waals surface area contributed by atoms with E-state index < -0.39 is 26.0 Å². The van der Waals surface area contributed by atoms with E-state index >= 15 is 0 Å². The number of nitrogens with one attached hydrogen (secondary N) is 1. The van der Waals surface area contributed by atoms with Crippen molar-refractivity contribution in [1.29, 1.82) is 0 Å². The third-order valence-corrected chi connectivity index (χ3v) is 7.73. The molecule has 1 heterocycles. The Morgan fingerprint density at radius 2 is 1.59 bits per heavy atom. The van der Waals surface area contributed by atoms with Crippen LogP contribution in [0.1, 0.15) is 10.4 Å². The van der Waals surface area contributed by atoms with E-state index in [-0.39, 0.29) is 39.2 Å². The summed E-state index contributed by atoms with van der Waals surface area (Å²) in [5.41, 5.74) is -0.473. The Hall–Kier alpha value is -2.18. The van der Waals surface area contributed by atoms with Gasteiger partial charge in [-0.1, -0.05) is 11.6 Å². The van der Waals surface area contributed by atoms with Gasteiger partial charge in [-0.25, -0.2) is 21.6 Å². The molecule has 0 saturated carbocycles. The Balaban J connectivity index is 1.88. The van der Waals surface area contributed by atoms with Crippen LogP contribution >= 0.6 is 11.6 Å². The van der Waals surface area contributed by atoms with Crippen LogP contribution in [-0.2, 0) is 24.8 Å². The van der Waals surface area contributed by atoms with Gasteiger partial charge in [-0.05, 0) is 42.5 Å². The third kappa shape index (κ3) is 4.70. The van der Waals surface area contributed by atoms with Crippen molar-refractivity contribution in [3.05, 3.63) is 53.1 Å². The van der Waals surface area contributed by atoms with Crippen molar-refractivity contribution in [3.63, 3.8) is 0 Å². The Bertz CT molecular complexity index is 1130. The molecule has 29 heavy (non-hydrogen) atoms. The molecular weight excluding hydrogens is 444 g/mol. The standard InChI is InChI=1S/C17H17ClN2O7S2/c18-12-1-6-15(17(21)22)16(11-12)19-28(23,24)13-2-4-14(5-3-13)29(25,26)20-7-9-27-10-8-20/h1-6,11,19H,7-10H2,(H,21,22). The summed E-state index contributed by atoms with van der Waals surface area (Å²) in [6, 6.07) is 8.35. The molecule has 0 radical (unpaired) electrons. The quantitative estimate of drug-likeness (QED) is 0.672. The molecule has 1 fully saturated rings. The molecule has 9 nitrogen and oxygen atoms in total. The number of ether oxygens (including phenoxy) is 1. The molecule has 1 saturated heterocycles. The lowest BCUT2D eigenvalue weighted by molar-refractivity contribution is 0.0698. The molecule has 0 aromatic heterocycles. The second kappa shape index (κ2) is 8.28. The van der Waals surface area contributed by atoms with Gasteiger partial charge < -0.3 is 9.84 Å². The Labute approximate surface area is 173 Å². The van der Waals surface area contributed by atoms with Crippen LogP contribution in [0.25, 0.3) is 0 Å². The van der Waals surface area contributed by atoms with E-state index in [4.69, 9.17) is 16.3 Å². The van der Waals surface area contributed by atoms with Gasteiger partial charge in [0.1, 0.15) is 0 Å². The highest BCUT2D eigenvalue weighted by atomic mass is 35.5. The second-order valence-electron chi connectivity index (χ2n) is 6.09. The molecule has 1 aliphatic rings. The van der Waals surface area contributed by atoms with Crippen LogP contribution in [0.3, 0.4) is 0 Å². The normalized spacial score (nSPS) is 15.8. The van der Waals surface area contributed by atoms with E-state index in [1.807, 2.05) is 0 Å². The van der Waals surface area contributed by atoms with Crippen LogP contribution in [0.2, 0.25) is 5.02 Å². The van der Waals surface area contributed by atoms with E-state index in [1.54, 1.807) is 0 Å². The molecular formula is C17H17ClN2O7S2. The summed E-state index contributed by atoms with van der Waals surface area (Å²) >= 11 is 5.83. The van der Waals surface area contributed by atoms with Gasteiger partial charge in [-0.3, -0.25) is 4.72 Å². The van der Waals surface area contributed by atoms with Gasteiger partial charge in [0.15, 0.2) is 0 Å². The first-order valence-electron chi connectivity index (χ1n) is 8.35. The number of anilines is 1. The fourth-order valence-electron chi connectivity index (χ4n) is 2.72. The monoisotopic (exact) mass is 460 g/mol. The zero-order chi connectivity index (χ0) is 21.2. The van der Waals surface area contributed by atoms with Crippen molar-refractivity contribution in [2.45, 2.75) is 9.79 Å². The van der Waals surface area contributed by atoms with Crippen molar-refractivity contribution < 1.29 is 31.5 Å². The third-order valence-electron chi connectivity index (χ3n) is 4.20. The van der Waals surface area contributed by atoms with Gasteiger partial charge in [-0.2, -0.15) is 4.31 Å². The summed E-state index contributed by atoms with van der Waals surface area (Å²) in [7, 11) is -7.94. The number of sulfonamides is 2. The molecule has 0 unspecified atom stereocenters. The highest BCUT2D eigenvalue weighted by molar-refractivity contribution is 7.92. The zero-order valence-corrected chi connectivity index (χ0v) is 17.3. The zero-order valence-electron chi connectivity index (χ0n) is 14.9. The van der Waals surface area contributed by atoms with Gasteiger partial charge in [0.25, 0.3) is 10.0 Å². The van der Waals surface area contributed by atoms with Crippen molar-refractivity contribution in [2.75, 3.05) is 31.0 Å². The first-order chi connectivity index (χ1) is 13.6. The summed E-state index contributed by atoms with van der Waals surface area (Å²) in [5.74, 6) is -1.33. The number of hydrogen-bond acceptors (Lipinski definition) is 6.